The monoisotopic (exact) mass is 283 g/mol. The number of rotatable bonds is 9. The van der Waals surface area contributed by atoms with Crippen LogP contribution in [0.15, 0.2) is 18.2 Å². The van der Waals surface area contributed by atoms with Crippen molar-refractivity contribution in [3.05, 3.63) is 23.8 Å². The van der Waals surface area contributed by atoms with E-state index in [0.717, 1.165) is 12.0 Å². The molecule has 20 heavy (non-hydrogen) atoms. The van der Waals surface area contributed by atoms with Gasteiger partial charge in [-0.1, -0.05) is 13.0 Å². The molecule has 1 aromatic carbocycles. The maximum absolute atomic E-state index is 9.34. The van der Waals surface area contributed by atoms with Crippen LogP contribution >= 0.6 is 0 Å². The molecule has 0 aromatic heterocycles. The predicted octanol–water partition coefficient (Wildman–Crippen LogP) is 1.75. The molecule has 5 nitrogen and oxygen atoms in total. The SMILES string of the molecule is CCC(NC(CO)COC)c1ccc(OC)c(OC)c1. The van der Waals surface area contributed by atoms with E-state index in [-0.39, 0.29) is 18.7 Å². The summed E-state index contributed by atoms with van der Waals surface area (Å²) in [6.45, 7) is 2.60. The van der Waals surface area contributed by atoms with E-state index in [1.165, 1.54) is 0 Å². The standard InChI is InChI=1S/C15H25NO4/c1-5-13(16-12(9-17)10-18-2)11-6-7-14(19-3)15(8-11)20-4/h6-8,12-13,16-17H,5,9-10H2,1-4H3. The number of methoxy groups -OCH3 is 3. The smallest absolute Gasteiger partial charge is 0.161 e. The van der Waals surface area contributed by atoms with Crippen LogP contribution in [0.25, 0.3) is 0 Å². The number of hydrogen-bond donors (Lipinski definition) is 2. The van der Waals surface area contributed by atoms with Crippen LogP contribution in [0.4, 0.5) is 0 Å². The van der Waals surface area contributed by atoms with Crippen LogP contribution in [0.2, 0.25) is 0 Å². The minimum Gasteiger partial charge on any atom is -0.493 e. The highest BCUT2D eigenvalue weighted by molar-refractivity contribution is 5.43. The number of ether oxygens (including phenoxy) is 3. The van der Waals surface area contributed by atoms with E-state index in [4.69, 9.17) is 14.2 Å². The van der Waals surface area contributed by atoms with Crippen molar-refractivity contribution in [1.82, 2.24) is 5.32 Å². The van der Waals surface area contributed by atoms with Gasteiger partial charge in [0.2, 0.25) is 0 Å². The average molecular weight is 283 g/mol. The van der Waals surface area contributed by atoms with E-state index in [0.29, 0.717) is 18.1 Å². The van der Waals surface area contributed by atoms with E-state index in [2.05, 4.69) is 12.2 Å². The Morgan fingerprint density at radius 2 is 1.85 bits per heavy atom. The quantitative estimate of drug-likeness (QED) is 0.723. The molecule has 0 bridgehead atoms. The Balaban J connectivity index is 2.88. The van der Waals surface area contributed by atoms with Crippen molar-refractivity contribution in [2.24, 2.45) is 0 Å². The molecule has 0 aliphatic heterocycles. The lowest BCUT2D eigenvalue weighted by molar-refractivity contribution is 0.121. The lowest BCUT2D eigenvalue weighted by atomic mass is 10.0. The molecular formula is C15H25NO4. The van der Waals surface area contributed by atoms with Gasteiger partial charge in [0.1, 0.15) is 0 Å². The zero-order valence-electron chi connectivity index (χ0n) is 12.7. The second-order valence-electron chi connectivity index (χ2n) is 4.58. The average Bonchev–Trinajstić information content (AvgIpc) is 2.50. The van der Waals surface area contributed by atoms with E-state index >= 15 is 0 Å². The highest BCUT2D eigenvalue weighted by Crippen LogP contribution is 2.30. The molecule has 2 unspecified atom stereocenters. The maximum atomic E-state index is 9.34. The maximum Gasteiger partial charge on any atom is 0.161 e. The third-order valence-corrected chi connectivity index (χ3v) is 3.24. The molecule has 0 spiro atoms. The van der Waals surface area contributed by atoms with Crippen molar-refractivity contribution in [1.29, 1.82) is 0 Å². The van der Waals surface area contributed by atoms with Gasteiger partial charge in [-0.15, -0.1) is 0 Å². The molecule has 0 aliphatic carbocycles. The minimum absolute atomic E-state index is 0.0393. The van der Waals surface area contributed by atoms with Crippen LogP contribution < -0.4 is 14.8 Å². The van der Waals surface area contributed by atoms with Crippen LogP contribution in [-0.2, 0) is 4.74 Å². The number of aliphatic hydroxyl groups is 1. The van der Waals surface area contributed by atoms with Crippen molar-refractivity contribution >= 4 is 0 Å². The molecule has 0 saturated heterocycles. The van der Waals surface area contributed by atoms with Gasteiger partial charge in [0.05, 0.1) is 33.5 Å². The van der Waals surface area contributed by atoms with Gasteiger partial charge in [-0.3, -0.25) is 0 Å². The molecule has 0 fully saturated rings. The number of aliphatic hydroxyl groups excluding tert-OH is 1. The summed E-state index contributed by atoms with van der Waals surface area (Å²) >= 11 is 0. The molecule has 2 atom stereocenters. The van der Waals surface area contributed by atoms with Gasteiger partial charge >= 0.3 is 0 Å². The summed E-state index contributed by atoms with van der Waals surface area (Å²) < 4.78 is 15.7. The summed E-state index contributed by atoms with van der Waals surface area (Å²) in [6, 6.07) is 5.90. The zero-order valence-corrected chi connectivity index (χ0v) is 12.7. The van der Waals surface area contributed by atoms with Crippen LogP contribution in [0, 0.1) is 0 Å². The van der Waals surface area contributed by atoms with Crippen LogP contribution in [0.3, 0.4) is 0 Å². The minimum atomic E-state index is -0.0851. The van der Waals surface area contributed by atoms with Gasteiger partial charge in [-0.05, 0) is 24.1 Å². The van der Waals surface area contributed by atoms with Gasteiger partial charge < -0.3 is 24.6 Å². The zero-order chi connectivity index (χ0) is 15.0. The first-order valence-electron chi connectivity index (χ1n) is 6.77. The normalized spacial score (nSPS) is 13.8. The lowest BCUT2D eigenvalue weighted by Gasteiger charge is -2.24. The van der Waals surface area contributed by atoms with Gasteiger partial charge in [0.15, 0.2) is 11.5 Å². The second-order valence-corrected chi connectivity index (χ2v) is 4.58. The van der Waals surface area contributed by atoms with Crippen LogP contribution in [0.1, 0.15) is 24.9 Å². The number of nitrogens with one attached hydrogen (secondary N) is 1. The Kier molecular flexibility index (Phi) is 7.36. The van der Waals surface area contributed by atoms with Gasteiger partial charge in [0, 0.05) is 13.2 Å². The summed E-state index contributed by atoms with van der Waals surface area (Å²) in [6.07, 6.45) is 0.899. The molecule has 2 N–H and O–H groups in total. The molecule has 0 heterocycles. The molecule has 0 amide bonds. The largest absolute Gasteiger partial charge is 0.493 e. The van der Waals surface area contributed by atoms with E-state index in [1.807, 2.05) is 18.2 Å². The summed E-state index contributed by atoms with van der Waals surface area (Å²) in [4.78, 5) is 0. The highest BCUT2D eigenvalue weighted by Gasteiger charge is 2.16. The fourth-order valence-electron chi connectivity index (χ4n) is 2.16. The van der Waals surface area contributed by atoms with Crippen molar-refractivity contribution in [3.8, 4) is 11.5 Å². The first kappa shape index (κ1) is 16.8. The van der Waals surface area contributed by atoms with E-state index in [9.17, 15) is 5.11 Å². The molecule has 1 rings (SSSR count). The predicted molar refractivity (Wildman–Crippen MR) is 78.5 cm³/mol. The Morgan fingerprint density at radius 3 is 2.35 bits per heavy atom. The summed E-state index contributed by atoms with van der Waals surface area (Å²) in [5.41, 5.74) is 1.10. The Morgan fingerprint density at radius 1 is 1.15 bits per heavy atom. The Hall–Kier alpha value is -1.30. The van der Waals surface area contributed by atoms with Gasteiger partial charge in [0.25, 0.3) is 0 Å². The Bertz CT molecular complexity index is 397. The van der Waals surface area contributed by atoms with Crippen molar-refractivity contribution in [3.63, 3.8) is 0 Å². The van der Waals surface area contributed by atoms with Crippen molar-refractivity contribution in [2.75, 3.05) is 34.5 Å². The van der Waals surface area contributed by atoms with Crippen molar-refractivity contribution in [2.45, 2.75) is 25.4 Å². The topological polar surface area (TPSA) is 60.0 Å². The molecule has 0 radical (unpaired) electrons. The fraction of sp³-hybridized carbons (Fsp3) is 0.600. The molecule has 0 aliphatic rings. The molecule has 0 saturated carbocycles. The third-order valence-electron chi connectivity index (χ3n) is 3.24. The van der Waals surface area contributed by atoms with Crippen LogP contribution in [0.5, 0.6) is 11.5 Å². The molecular weight excluding hydrogens is 258 g/mol. The first-order valence-corrected chi connectivity index (χ1v) is 6.77. The third kappa shape index (κ3) is 4.37. The number of hydrogen-bond acceptors (Lipinski definition) is 5. The molecule has 1 aromatic rings. The van der Waals surface area contributed by atoms with Gasteiger partial charge in [-0.25, -0.2) is 0 Å². The van der Waals surface area contributed by atoms with Gasteiger partial charge in [-0.2, -0.15) is 0 Å². The Labute approximate surface area is 120 Å². The summed E-state index contributed by atoms with van der Waals surface area (Å²) in [5, 5.41) is 12.7. The van der Waals surface area contributed by atoms with E-state index < -0.39 is 0 Å². The second kappa shape index (κ2) is 8.79. The van der Waals surface area contributed by atoms with Crippen LogP contribution in [-0.4, -0.2) is 45.7 Å². The first-order chi connectivity index (χ1) is 9.69. The highest BCUT2D eigenvalue weighted by atomic mass is 16.5. The molecule has 114 valence electrons. The summed E-state index contributed by atoms with van der Waals surface area (Å²) in [5.74, 6) is 1.42. The number of benzene rings is 1. The fourth-order valence-corrected chi connectivity index (χ4v) is 2.16. The van der Waals surface area contributed by atoms with Crippen molar-refractivity contribution < 1.29 is 19.3 Å². The van der Waals surface area contributed by atoms with E-state index in [1.54, 1.807) is 21.3 Å². The lowest BCUT2D eigenvalue weighted by Crippen LogP contribution is -2.38. The summed E-state index contributed by atoms with van der Waals surface area (Å²) in [7, 11) is 4.87. The molecule has 5 heteroatoms.